The first-order valence-corrected chi connectivity index (χ1v) is 18.9. The average Bonchev–Trinajstić information content (AvgIpc) is 3.77. The maximum Gasteiger partial charge on any atom is 0.0547 e. The summed E-state index contributed by atoms with van der Waals surface area (Å²) in [6, 6.07) is 76.9. The minimum absolute atomic E-state index is 1.10. The predicted molar refractivity (Wildman–Crippen MR) is 233 cm³/mol. The van der Waals surface area contributed by atoms with Gasteiger partial charge in [-0.3, -0.25) is 0 Å². The zero-order chi connectivity index (χ0) is 36.3. The minimum Gasteiger partial charge on any atom is -0.310 e. The van der Waals surface area contributed by atoms with E-state index in [0.29, 0.717) is 0 Å². The fourth-order valence-electron chi connectivity index (χ4n) is 8.62. The van der Waals surface area contributed by atoms with E-state index in [1.165, 1.54) is 65.5 Å². The van der Waals surface area contributed by atoms with Gasteiger partial charge in [0.05, 0.1) is 22.1 Å². The van der Waals surface area contributed by atoms with Gasteiger partial charge in [0.1, 0.15) is 0 Å². The number of fused-ring (bicyclic) bond motifs is 7. The van der Waals surface area contributed by atoms with Crippen LogP contribution < -0.4 is 4.90 Å². The average molecular weight is 702 g/mol. The molecule has 0 N–H and O–H groups in total. The van der Waals surface area contributed by atoms with Crippen LogP contribution in [-0.2, 0) is 0 Å². The standard InChI is InChI=1S/C52H35N3/c1-3-16-39(17-4-1)53(43-28-26-36-14-7-8-15-37(36)34-43)41-29-31-42(32-30-41)55-48-23-11-9-20-45(48)46-33-27-38(35-51(46)55)44-22-13-25-50-52(44)47-21-10-12-24-49(47)54(50)40-18-5-2-6-19-40/h1-35H. The largest absolute Gasteiger partial charge is 0.310 e. The molecule has 258 valence electrons. The highest BCUT2D eigenvalue weighted by molar-refractivity contribution is 6.17. The minimum atomic E-state index is 1.10. The number of hydrogen-bond donors (Lipinski definition) is 0. The molecule has 0 aliphatic rings. The Bertz CT molecular complexity index is 3190. The van der Waals surface area contributed by atoms with Crippen molar-refractivity contribution in [3.63, 3.8) is 0 Å². The highest BCUT2D eigenvalue weighted by atomic mass is 15.1. The van der Waals surface area contributed by atoms with Crippen LogP contribution in [0.5, 0.6) is 0 Å². The molecular weight excluding hydrogens is 667 g/mol. The van der Waals surface area contributed by atoms with Crippen molar-refractivity contribution >= 4 is 71.4 Å². The topological polar surface area (TPSA) is 13.1 Å². The van der Waals surface area contributed by atoms with Crippen molar-refractivity contribution in [3.8, 4) is 22.5 Å². The first kappa shape index (κ1) is 31.2. The lowest BCUT2D eigenvalue weighted by atomic mass is 9.98. The number of hydrogen-bond acceptors (Lipinski definition) is 1. The van der Waals surface area contributed by atoms with Gasteiger partial charge in [0.25, 0.3) is 0 Å². The van der Waals surface area contributed by atoms with Gasteiger partial charge in [-0.1, -0.05) is 127 Å². The second-order valence-corrected chi connectivity index (χ2v) is 14.2. The Kier molecular flexibility index (Phi) is 7.17. The number of benzene rings is 9. The van der Waals surface area contributed by atoms with E-state index in [4.69, 9.17) is 0 Å². The number of para-hydroxylation sites is 4. The quantitative estimate of drug-likeness (QED) is 0.168. The summed E-state index contributed by atoms with van der Waals surface area (Å²) in [5.74, 6) is 0. The molecule has 55 heavy (non-hydrogen) atoms. The molecule has 0 saturated heterocycles. The van der Waals surface area contributed by atoms with Crippen molar-refractivity contribution in [1.82, 2.24) is 9.13 Å². The molecule has 0 fully saturated rings. The molecule has 3 nitrogen and oxygen atoms in total. The molecular formula is C52H35N3. The molecule has 0 aliphatic heterocycles. The van der Waals surface area contributed by atoms with Crippen LogP contribution in [-0.4, -0.2) is 9.13 Å². The number of aromatic nitrogens is 2. The summed E-state index contributed by atoms with van der Waals surface area (Å²) in [6.07, 6.45) is 0. The molecule has 0 spiro atoms. The lowest BCUT2D eigenvalue weighted by molar-refractivity contribution is 1.17. The Hall–Kier alpha value is -7.36. The zero-order valence-corrected chi connectivity index (χ0v) is 30.0. The third-order valence-electron chi connectivity index (χ3n) is 11.1. The van der Waals surface area contributed by atoms with Gasteiger partial charge >= 0.3 is 0 Å². The summed E-state index contributed by atoms with van der Waals surface area (Å²) in [7, 11) is 0. The molecule has 0 unspecified atom stereocenters. The summed E-state index contributed by atoms with van der Waals surface area (Å²) < 4.78 is 4.82. The number of rotatable bonds is 6. The summed E-state index contributed by atoms with van der Waals surface area (Å²) in [5, 5.41) is 7.46. The molecule has 0 amide bonds. The smallest absolute Gasteiger partial charge is 0.0547 e. The van der Waals surface area contributed by atoms with Crippen molar-refractivity contribution in [2.75, 3.05) is 4.90 Å². The van der Waals surface area contributed by atoms with Crippen LogP contribution in [0.4, 0.5) is 17.1 Å². The van der Waals surface area contributed by atoms with Gasteiger partial charge in [0.2, 0.25) is 0 Å². The first-order chi connectivity index (χ1) is 27.3. The molecule has 9 aromatic carbocycles. The van der Waals surface area contributed by atoms with E-state index < -0.39 is 0 Å². The van der Waals surface area contributed by atoms with E-state index in [9.17, 15) is 0 Å². The highest BCUT2D eigenvalue weighted by Crippen LogP contribution is 2.42. The molecule has 0 atom stereocenters. The molecule has 0 aliphatic carbocycles. The van der Waals surface area contributed by atoms with Crippen LogP contribution in [0.1, 0.15) is 0 Å². The Morgan fingerprint density at radius 2 is 0.873 bits per heavy atom. The Morgan fingerprint density at radius 3 is 1.67 bits per heavy atom. The SMILES string of the molecule is c1ccc(N(c2ccc(-n3c4ccccc4c4ccc(-c5cccc6c5c5ccccc5n6-c5ccccc5)cc43)cc2)c2ccc3ccccc3c2)cc1. The third kappa shape index (κ3) is 5.05. The van der Waals surface area contributed by atoms with E-state index in [2.05, 4.69) is 226 Å². The van der Waals surface area contributed by atoms with E-state index in [1.807, 2.05) is 0 Å². The highest BCUT2D eigenvalue weighted by Gasteiger charge is 2.19. The summed E-state index contributed by atoms with van der Waals surface area (Å²) in [6.45, 7) is 0. The van der Waals surface area contributed by atoms with Crippen LogP contribution in [0.25, 0.3) is 76.9 Å². The van der Waals surface area contributed by atoms with Crippen LogP contribution in [0.15, 0.2) is 212 Å². The monoisotopic (exact) mass is 701 g/mol. The number of nitrogens with zero attached hydrogens (tertiary/aromatic N) is 3. The molecule has 0 bridgehead atoms. The molecule has 3 heteroatoms. The summed E-state index contributed by atoms with van der Waals surface area (Å²) in [5.41, 5.74) is 12.8. The van der Waals surface area contributed by atoms with E-state index in [-0.39, 0.29) is 0 Å². The summed E-state index contributed by atoms with van der Waals surface area (Å²) in [4.78, 5) is 2.34. The van der Waals surface area contributed by atoms with Gasteiger partial charge in [-0.05, 0) is 107 Å². The van der Waals surface area contributed by atoms with Gasteiger partial charge in [-0.25, -0.2) is 0 Å². The van der Waals surface area contributed by atoms with Crippen molar-refractivity contribution in [1.29, 1.82) is 0 Å². The van der Waals surface area contributed by atoms with Gasteiger partial charge < -0.3 is 14.0 Å². The fourth-order valence-corrected chi connectivity index (χ4v) is 8.62. The molecule has 11 aromatic rings. The second-order valence-electron chi connectivity index (χ2n) is 14.2. The normalized spacial score (nSPS) is 11.6. The van der Waals surface area contributed by atoms with Crippen LogP contribution in [0, 0.1) is 0 Å². The van der Waals surface area contributed by atoms with E-state index in [1.54, 1.807) is 0 Å². The van der Waals surface area contributed by atoms with Crippen molar-refractivity contribution in [3.05, 3.63) is 212 Å². The Balaban J connectivity index is 1.08. The lowest BCUT2D eigenvalue weighted by Gasteiger charge is -2.26. The van der Waals surface area contributed by atoms with Crippen molar-refractivity contribution < 1.29 is 0 Å². The molecule has 11 rings (SSSR count). The first-order valence-electron chi connectivity index (χ1n) is 18.9. The van der Waals surface area contributed by atoms with Crippen LogP contribution in [0.2, 0.25) is 0 Å². The lowest BCUT2D eigenvalue weighted by Crippen LogP contribution is -2.10. The molecule has 2 heterocycles. The zero-order valence-electron chi connectivity index (χ0n) is 30.0. The molecule has 0 radical (unpaired) electrons. The van der Waals surface area contributed by atoms with E-state index >= 15 is 0 Å². The van der Waals surface area contributed by atoms with E-state index in [0.717, 1.165) is 28.4 Å². The van der Waals surface area contributed by atoms with Crippen LogP contribution in [0.3, 0.4) is 0 Å². The van der Waals surface area contributed by atoms with Gasteiger partial charge in [-0.2, -0.15) is 0 Å². The predicted octanol–water partition coefficient (Wildman–Crippen LogP) is 14.2. The third-order valence-corrected chi connectivity index (χ3v) is 11.1. The fraction of sp³-hybridized carbons (Fsp3) is 0. The maximum atomic E-state index is 2.42. The second kappa shape index (κ2) is 12.6. The molecule has 0 saturated carbocycles. The van der Waals surface area contributed by atoms with Gasteiger partial charge in [0.15, 0.2) is 0 Å². The van der Waals surface area contributed by atoms with Crippen LogP contribution >= 0.6 is 0 Å². The number of anilines is 3. The van der Waals surface area contributed by atoms with Crippen molar-refractivity contribution in [2.45, 2.75) is 0 Å². The Morgan fingerprint density at radius 1 is 0.309 bits per heavy atom. The van der Waals surface area contributed by atoms with Gasteiger partial charge in [0, 0.05) is 50.0 Å². The van der Waals surface area contributed by atoms with Gasteiger partial charge in [-0.15, -0.1) is 0 Å². The summed E-state index contributed by atoms with van der Waals surface area (Å²) >= 11 is 0. The molecule has 2 aromatic heterocycles. The van der Waals surface area contributed by atoms with Crippen molar-refractivity contribution in [2.24, 2.45) is 0 Å². The Labute approximate surface area is 319 Å². The maximum absolute atomic E-state index is 2.42.